The van der Waals surface area contributed by atoms with Gasteiger partial charge in [0.2, 0.25) is 5.91 Å². The molecule has 130 valence electrons. The van der Waals surface area contributed by atoms with E-state index in [9.17, 15) is 4.79 Å². The number of carbonyl (C=O) groups excluding carboxylic acids is 1. The molecule has 0 saturated carbocycles. The number of benzene rings is 2. The van der Waals surface area contributed by atoms with E-state index < -0.39 is 0 Å². The number of fused-ring (bicyclic) bond motifs is 2. The molecule has 2 heterocycles. The van der Waals surface area contributed by atoms with E-state index in [1.165, 1.54) is 16.7 Å². The van der Waals surface area contributed by atoms with Crippen molar-refractivity contribution in [3.05, 3.63) is 59.2 Å². The number of nitrogens with one attached hydrogen (secondary N) is 1. The van der Waals surface area contributed by atoms with Crippen molar-refractivity contribution in [1.82, 2.24) is 5.32 Å². The van der Waals surface area contributed by atoms with Gasteiger partial charge in [-0.3, -0.25) is 4.79 Å². The Bertz CT molecular complexity index is 787. The van der Waals surface area contributed by atoms with Crippen molar-refractivity contribution in [2.24, 2.45) is 0 Å². The smallest absolute Gasteiger partial charge is 0.227 e. The van der Waals surface area contributed by atoms with Crippen LogP contribution in [0.25, 0.3) is 0 Å². The summed E-state index contributed by atoms with van der Waals surface area (Å²) in [5.41, 5.74) is 4.92. The van der Waals surface area contributed by atoms with Crippen molar-refractivity contribution in [2.45, 2.75) is 31.7 Å². The third-order valence-electron chi connectivity index (χ3n) is 5.29. The van der Waals surface area contributed by atoms with Crippen molar-refractivity contribution in [2.75, 3.05) is 25.1 Å². The number of hydrogen-bond donors (Lipinski definition) is 1. The van der Waals surface area contributed by atoms with Crippen LogP contribution in [0.15, 0.2) is 42.5 Å². The Morgan fingerprint density at radius 2 is 2.08 bits per heavy atom. The number of anilines is 1. The fourth-order valence-electron chi connectivity index (χ4n) is 3.84. The second kappa shape index (κ2) is 6.89. The van der Waals surface area contributed by atoms with Crippen molar-refractivity contribution in [1.29, 1.82) is 0 Å². The molecule has 4 rings (SSSR count). The topological polar surface area (TPSA) is 41.6 Å². The summed E-state index contributed by atoms with van der Waals surface area (Å²) in [5, 5.41) is 3.60. The first kappa shape index (κ1) is 16.2. The summed E-state index contributed by atoms with van der Waals surface area (Å²) in [6.45, 7) is 2.60. The molecule has 2 aliphatic heterocycles. The van der Waals surface area contributed by atoms with Crippen LogP contribution in [-0.4, -0.2) is 26.1 Å². The lowest BCUT2D eigenvalue weighted by molar-refractivity contribution is -0.118. The predicted molar refractivity (Wildman–Crippen MR) is 99.2 cm³/mol. The van der Waals surface area contributed by atoms with E-state index in [0.29, 0.717) is 12.3 Å². The molecule has 1 amide bonds. The zero-order chi connectivity index (χ0) is 17.2. The summed E-state index contributed by atoms with van der Waals surface area (Å²) in [4.78, 5) is 13.6. The maximum atomic E-state index is 11.8. The molecule has 0 saturated heterocycles. The molecule has 4 heteroatoms. The second-order valence-electron chi connectivity index (χ2n) is 6.92. The van der Waals surface area contributed by atoms with Crippen molar-refractivity contribution >= 4 is 11.6 Å². The number of rotatable bonds is 4. The molecule has 0 bridgehead atoms. The number of carbonyl (C=O) groups is 1. The number of nitrogens with zero attached hydrogens (tertiary/aromatic N) is 1. The lowest BCUT2D eigenvalue weighted by Crippen LogP contribution is -2.31. The maximum Gasteiger partial charge on any atom is 0.227 e. The summed E-state index contributed by atoms with van der Waals surface area (Å²) in [6.07, 6.45) is 2.51. The van der Waals surface area contributed by atoms with Gasteiger partial charge in [0, 0.05) is 38.2 Å². The van der Waals surface area contributed by atoms with E-state index in [0.717, 1.165) is 44.0 Å². The van der Waals surface area contributed by atoms with Crippen molar-refractivity contribution in [3.63, 3.8) is 0 Å². The van der Waals surface area contributed by atoms with Crippen LogP contribution in [0.5, 0.6) is 5.75 Å². The monoisotopic (exact) mass is 336 g/mol. The van der Waals surface area contributed by atoms with Gasteiger partial charge in [0.05, 0.1) is 6.61 Å². The van der Waals surface area contributed by atoms with Gasteiger partial charge in [-0.2, -0.15) is 0 Å². The van der Waals surface area contributed by atoms with Gasteiger partial charge in [-0.05, 0) is 41.7 Å². The zero-order valence-corrected chi connectivity index (χ0v) is 14.6. The molecule has 0 unspecified atom stereocenters. The van der Waals surface area contributed by atoms with Gasteiger partial charge in [-0.25, -0.2) is 0 Å². The van der Waals surface area contributed by atoms with Gasteiger partial charge in [0.25, 0.3) is 0 Å². The van der Waals surface area contributed by atoms with Gasteiger partial charge in [-0.1, -0.05) is 30.3 Å². The van der Waals surface area contributed by atoms with Crippen LogP contribution in [-0.2, 0) is 17.8 Å². The summed E-state index contributed by atoms with van der Waals surface area (Å²) >= 11 is 0. The standard InChI is InChI=1S/C21H24N2O2/c1-23-19-8-6-15(12-16(19)7-9-21(23)24)13-22-14-17-10-11-25-20-5-3-2-4-18(17)20/h2-6,8,12,17,22H,7,9-11,13-14H2,1H3/t17-/m0/s1. The molecular formula is C21H24N2O2. The van der Waals surface area contributed by atoms with Crippen LogP contribution >= 0.6 is 0 Å². The molecule has 2 aromatic carbocycles. The van der Waals surface area contributed by atoms with E-state index in [1.54, 1.807) is 4.90 Å². The summed E-state index contributed by atoms with van der Waals surface area (Å²) < 4.78 is 5.74. The van der Waals surface area contributed by atoms with Gasteiger partial charge in [0.15, 0.2) is 0 Å². The molecule has 0 fully saturated rings. The average Bonchev–Trinajstić information content (AvgIpc) is 2.65. The summed E-state index contributed by atoms with van der Waals surface area (Å²) in [5.74, 6) is 1.74. The van der Waals surface area contributed by atoms with Crippen molar-refractivity contribution < 1.29 is 9.53 Å². The third kappa shape index (κ3) is 3.27. The normalized spacial score (nSPS) is 19.2. The molecule has 0 aliphatic carbocycles. The van der Waals surface area contributed by atoms with Crippen LogP contribution in [0.2, 0.25) is 0 Å². The van der Waals surface area contributed by atoms with E-state index in [4.69, 9.17) is 4.74 Å². The first-order valence-electron chi connectivity index (χ1n) is 9.03. The van der Waals surface area contributed by atoms with Gasteiger partial charge >= 0.3 is 0 Å². The minimum absolute atomic E-state index is 0.205. The number of amides is 1. The number of aryl methyl sites for hydroxylation is 1. The maximum absolute atomic E-state index is 11.8. The molecule has 1 N–H and O–H groups in total. The lowest BCUT2D eigenvalue weighted by atomic mass is 9.93. The van der Waals surface area contributed by atoms with E-state index in [2.05, 4.69) is 41.7 Å². The van der Waals surface area contributed by atoms with Gasteiger partial charge < -0.3 is 15.0 Å². The quantitative estimate of drug-likeness (QED) is 0.932. The van der Waals surface area contributed by atoms with Crippen LogP contribution in [0.4, 0.5) is 5.69 Å². The largest absolute Gasteiger partial charge is 0.493 e. The zero-order valence-electron chi connectivity index (χ0n) is 14.6. The van der Waals surface area contributed by atoms with Gasteiger partial charge in [0.1, 0.15) is 5.75 Å². The highest BCUT2D eigenvalue weighted by atomic mass is 16.5. The third-order valence-corrected chi connectivity index (χ3v) is 5.29. The molecule has 0 radical (unpaired) electrons. The Labute approximate surface area is 148 Å². The highest BCUT2D eigenvalue weighted by molar-refractivity contribution is 5.95. The van der Waals surface area contributed by atoms with Crippen LogP contribution < -0.4 is 15.0 Å². The molecule has 0 spiro atoms. The minimum atomic E-state index is 0.205. The van der Waals surface area contributed by atoms with E-state index in [1.807, 2.05) is 13.1 Å². The Morgan fingerprint density at radius 3 is 3.00 bits per heavy atom. The van der Waals surface area contributed by atoms with Crippen LogP contribution in [0.1, 0.15) is 35.4 Å². The second-order valence-corrected chi connectivity index (χ2v) is 6.92. The first-order chi connectivity index (χ1) is 12.2. The molecule has 2 aromatic rings. The Balaban J connectivity index is 1.39. The van der Waals surface area contributed by atoms with Crippen LogP contribution in [0, 0.1) is 0 Å². The Kier molecular flexibility index (Phi) is 4.45. The summed E-state index contributed by atoms with van der Waals surface area (Å²) in [7, 11) is 1.86. The number of hydrogen-bond acceptors (Lipinski definition) is 3. The molecule has 4 nitrogen and oxygen atoms in total. The number of para-hydroxylation sites is 1. The minimum Gasteiger partial charge on any atom is -0.493 e. The molecular weight excluding hydrogens is 312 g/mol. The molecule has 1 atom stereocenters. The van der Waals surface area contributed by atoms with Crippen molar-refractivity contribution in [3.8, 4) is 5.75 Å². The fraction of sp³-hybridized carbons (Fsp3) is 0.381. The molecule has 0 aromatic heterocycles. The Hall–Kier alpha value is -2.33. The highest BCUT2D eigenvalue weighted by Gasteiger charge is 2.22. The molecule has 2 aliphatic rings. The SMILES string of the molecule is CN1C(=O)CCc2cc(CNC[C@@H]3CCOc4ccccc43)ccc21. The molecule has 25 heavy (non-hydrogen) atoms. The van der Waals surface area contributed by atoms with Gasteiger partial charge in [-0.15, -0.1) is 0 Å². The lowest BCUT2D eigenvalue weighted by Gasteiger charge is -2.27. The fourth-order valence-corrected chi connectivity index (χ4v) is 3.84. The Morgan fingerprint density at radius 1 is 1.20 bits per heavy atom. The average molecular weight is 336 g/mol. The van der Waals surface area contributed by atoms with E-state index in [-0.39, 0.29) is 5.91 Å². The van der Waals surface area contributed by atoms with E-state index >= 15 is 0 Å². The predicted octanol–water partition coefficient (Wildman–Crippen LogP) is 3.25. The van der Waals surface area contributed by atoms with Crippen LogP contribution in [0.3, 0.4) is 0 Å². The first-order valence-corrected chi connectivity index (χ1v) is 9.03. The highest BCUT2D eigenvalue weighted by Crippen LogP contribution is 2.33. The summed E-state index contributed by atoms with van der Waals surface area (Å²) in [6, 6.07) is 14.8. The number of ether oxygens (including phenoxy) is 1.